The number of unbranched alkanes of at least 4 members (excludes halogenated alkanes) is 3. The van der Waals surface area contributed by atoms with Crippen molar-refractivity contribution in [1.82, 2.24) is 4.57 Å². The van der Waals surface area contributed by atoms with E-state index in [-0.39, 0.29) is 5.56 Å². The average Bonchev–Trinajstić information content (AvgIpc) is 2.24. The monoisotopic (exact) mass is 289 g/mol. The molecule has 0 aliphatic heterocycles. The summed E-state index contributed by atoms with van der Waals surface area (Å²) in [6.07, 6.45) is 6.43. The molecule has 0 aliphatic rings. The maximum Gasteiger partial charge on any atom is 0.264 e. The number of thiol groups is 1. The molecule has 0 saturated heterocycles. The smallest absolute Gasteiger partial charge is 0.264 e. The molecule has 4 heteroatoms. The molecule has 15 heavy (non-hydrogen) atoms. The van der Waals surface area contributed by atoms with Crippen molar-refractivity contribution in [3.8, 4) is 0 Å². The van der Waals surface area contributed by atoms with Gasteiger partial charge in [-0.15, -0.1) is 0 Å². The minimum atomic E-state index is 0.0618. The van der Waals surface area contributed by atoms with Crippen LogP contribution < -0.4 is 5.56 Å². The summed E-state index contributed by atoms with van der Waals surface area (Å²) in [5.74, 6) is 0.955. The Morgan fingerprint density at radius 1 is 1.27 bits per heavy atom. The highest BCUT2D eigenvalue weighted by Gasteiger charge is 1.98. The average molecular weight is 290 g/mol. The number of halogens is 1. The summed E-state index contributed by atoms with van der Waals surface area (Å²) in [5.41, 5.74) is 0.0618. The largest absolute Gasteiger partial charge is 0.315 e. The van der Waals surface area contributed by atoms with Crippen LogP contribution in [0, 0.1) is 0 Å². The minimum Gasteiger partial charge on any atom is -0.315 e. The second-order valence-electron chi connectivity index (χ2n) is 3.49. The lowest BCUT2D eigenvalue weighted by molar-refractivity contribution is 0.570. The molecule has 0 N–H and O–H groups in total. The van der Waals surface area contributed by atoms with Crippen molar-refractivity contribution < 1.29 is 0 Å². The standard InChI is InChI=1S/C11H16BrNOS/c12-10-6-5-8-13(11(10)14)7-3-1-2-4-9-15/h5-6,8,15H,1-4,7,9H2. The van der Waals surface area contributed by atoms with Crippen LogP contribution in [0.4, 0.5) is 0 Å². The Bertz CT molecular complexity index is 351. The van der Waals surface area contributed by atoms with Gasteiger partial charge in [-0.3, -0.25) is 4.79 Å². The highest BCUT2D eigenvalue weighted by atomic mass is 79.9. The van der Waals surface area contributed by atoms with Crippen molar-refractivity contribution in [2.45, 2.75) is 32.2 Å². The van der Waals surface area contributed by atoms with E-state index in [1.807, 2.05) is 12.3 Å². The minimum absolute atomic E-state index is 0.0618. The Balaban J connectivity index is 2.38. The molecule has 0 aromatic carbocycles. The lowest BCUT2D eigenvalue weighted by atomic mass is 10.2. The fraction of sp³-hybridized carbons (Fsp3) is 0.545. The molecule has 0 unspecified atom stereocenters. The molecule has 0 fully saturated rings. The van der Waals surface area contributed by atoms with Gasteiger partial charge in [-0.25, -0.2) is 0 Å². The molecular formula is C11H16BrNOS. The van der Waals surface area contributed by atoms with Gasteiger partial charge in [0, 0.05) is 12.7 Å². The number of aromatic nitrogens is 1. The van der Waals surface area contributed by atoms with Gasteiger partial charge in [-0.05, 0) is 46.7 Å². The zero-order valence-electron chi connectivity index (χ0n) is 8.66. The molecule has 0 atom stereocenters. The maximum absolute atomic E-state index is 11.6. The van der Waals surface area contributed by atoms with Gasteiger partial charge in [0.15, 0.2) is 0 Å². The zero-order valence-corrected chi connectivity index (χ0v) is 11.1. The molecule has 0 bridgehead atoms. The number of hydrogen-bond acceptors (Lipinski definition) is 2. The molecule has 1 aromatic rings. The molecule has 0 amide bonds. The van der Waals surface area contributed by atoms with E-state index in [1.54, 1.807) is 10.6 Å². The van der Waals surface area contributed by atoms with Crippen LogP contribution in [0.1, 0.15) is 25.7 Å². The first-order chi connectivity index (χ1) is 7.25. The quantitative estimate of drug-likeness (QED) is 0.631. The van der Waals surface area contributed by atoms with Crippen molar-refractivity contribution >= 4 is 28.6 Å². The molecule has 1 rings (SSSR count). The van der Waals surface area contributed by atoms with E-state index < -0.39 is 0 Å². The zero-order chi connectivity index (χ0) is 11.1. The number of aryl methyl sites for hydroxylation is 1. The second kappa shape index (κ2) is 7.12. The fourth-order valence-corrected chi connectivity index (χ4v) is 2.04. The molecule has 0 radical (unpaired) electrons. The van der Waals surface area contributed by atoms with Gasteiger partial charge >= 0.3 is 0 Å². The van der Waals surface area contributed by atoms with Gasteiger partial charge in [0.05, 0.1) is 4.47 Å². The number of pyridine rings is 1. The first-order valence-corrected chi connectivity index (χ1v) is 6.64. The van der Waals surface area contributed by atoms with E-state index in [0.717, 1.165) is 25.1 Å². The SMILES string of the molecule is O=c1c(Br)cccn1CCCCCCS. The van der Waals surface area contributed by atoms with Gasteiger partial charge < -0.3 is 4.57 Å². The third-order valence-electron chi connectivity index (χ3n) is 2.28. The lowest BCUT2D eigenvalue weighted by Crippen LogP contribution is -2.19. The lowest BCUT2D eigenvalue weighted by Gasteiger charge is -2.05. The number of nitrogens with zero attached hydrogens (tertiary/aromatic N) is 1. The highest BCUT2D eigenvalue weighted by Crippen LogP contribution is 2.04. The van der Waals surface area contributed by atoms with Crippen LogP contribution >= 0.6 is 28.6 Å². The Morgan fingerprint density at radius 2 is 2.00 bits per heavy atom. The molecule has 0 spiro atoms. The summed E-state index contributed by atoms with van der Waals surface area (Å²) >= 11 is 7.40. The topological polar surface area (TPSA) is 22.0 Å². The van der Waals surface area contributed by atoms with E-state index in [0.29, 0.717) is 4.47 Å². The summed E-state index contributed by atoms with van der Waals surface area (Å²) in [5, 5.41) is 0. The Kier molecular flexibility index (Phi) is 6.10. The van der Waals surface area contributed by atoms with Crippen LogP contribution in [-0.2, 0) is 6.54 Å². The third-order valence-corrected chi connectivity index (χ3v) is 3.20. The molecule has 2 nitrogen and oxygen atoms in total. The first kappa shape index (κ1) is 12.8. The normalized spacial score (nSPS) is 10.5. The summed E-state index contributed by atoms with van der Waals surface area (Å²) < 4.78 is 2.39. The van der Waals surface area contributed by atoms with E-state index >= 15 is 0 Å². The number of rotatable bonds is 6. The van der Waals surface area contributed by atoms with Gasteiger partial charge in [-0.1, -0.05) is 12.8 Å². The van der Waals surface area contributed by atoms with E-state index in [9.17, 15) is 4.79 Å². The van der Waals surface area contributed by atoms with Gasteiger partial charge in [-0.2, -0.15) is 12.6 Å². The Morgan fingerprint density at radius 3 is 2.73 bits per heavy atom. The molecule has 84 valence electrons. The van der Waals surface area contributed by atoms with E-state index in [4.69, 9.17) is 0 Å². The fourth-order valence-electron chi connectivity index (χ4n) is 1.43. The van der Waals surface area contributed by atoms with Crippen molar-refractivity contribution in [3.63, 3.8) is 0 Å². The van der Waals surface area contributed by atoms with Crippen LogP contribution in [0.3, 0.4) is 0 Å². The van der Waals surface area contributed by atoms with Crippen LogP contribution in [0.15, 0.2) is 27.6 Å². The molecular weight excluding hydrogens is 274 g/mol. The van der Waals surface area contributed by atoms with Gasteiger partial charge in [0.1, 0.15) is 0 Å². The number of hydrogen-bond donors (Lipinski definition) is 1. The van der Waals surface area contributed by atoms with Crippen LogP contribution in [-0.4, -0.2) is 10.3 Å². The Labute approximate surface area is 104 Å². The molecule has 1 heterocycles. The summed E-state index contributed by atoms with van der Waals surface area (Å²) in [7, 11) is 0. The van der Waals surface area contributed by atoms with Crippen molar-refractivity contribution in [3.05, 3.63) is 33.2 Å². The van der Waals surface area contributed by atoms with E-state index in [1.165, 1.54) is 12.8 Å². The first-order valence-electron chi connectivity index (χ1n) is 5.21. The molecule has 0 aliphatic carbocycles. The highest BCUT2D eigenvalue weighted by molar-refractivity contribution is 9.10. The predicted octanol–water partition coefficient (Wildman–Crippen LogP) is 3.10. The van der Waals surface area contributed by atoms with Crippen molar-refractivity contribution in [2.24, 2.45) is 0 Å². The van der Waals surface area contributed by atoms with E-state index in [2.05, 4.69) is 28.6 Å². The predicted molar refractivity (Wildman–Crippen MR) is 70.7 cm³/mol. The summed E-state index contributed by atoms with van der Waals surface area (Å²) in [6.45, 7) is 0.810. The Hall–Kier alpha value is -0.220. The van der Waals surface area contributed by atoms with Crippen molar-refractivity contribution in [1.29, 1.82) is 0 Å². The summed E-state index contributed by atoms with van der Waals surface area (Å²) in [4.78, 5) is 11.6. The van der Waals surface area contributed by atoms with Crippen LogP contribution in [0.25, 0.3) is 0 Å². The van der Waals surface area contributed by atoms with Crippen LogP contribution in [0.5, 0.6) is 0 Å². The van der Waals surface area contributed by atoms with Crippen molar-refractivity contribution in [2.75, 3.05) is 5.75 Å². The second-order valence-corrected chi connectivity index (χ2v) is 4.79. The van der Waals surface area contributed by atoms with Gasteiger partial charge in [0.2, 0.25) is 0 Å². The van der Waals surface area contributed by atoms with Crippen LogP contribution in [0.2, 0.25) is 0 Å². The van der Waals surface area contributed by atoms with Gasteiger partial charge in [0.25, 0.3) is 5.56 Å². The molecule has 1 aromatic heterocycles. The third kappa shape index (κ3) is 4.43. The molecule has 0 saturated carbocycles. The maximum atomic E-state index is 11.6. The summed E-state index contributed by atoms with van der Waals surface area (Å²) in [6, 6.07) is 3.67.